The number of nitrogen functional groups attached to an aromatic ring is 1. The molecule has 0 aliphatic carbocycles. The Labute approximate surface area is 209 Å². The molecular weight excluding hydrogens is 456 g/mol. The molecule has 2 fully saturated rings. The minimum Gasteiger partial charge on any atom is -0.398 e. The number of benzene rings is 1. The van der Waals surface area contributed by atoms with Gasteiger partial charge in [0.15, 0.2) is 0 Å². The van der Waals surface area contributed by atoms with Crippen molar-refractivity contribution in [3.63, 3.8) is 0 Å². The van der Waals surface area contributed by atoms with Gasteiger partial charge >= 0.3 is 6.03 Å². The number of hydrogen-bond donors (Lipinski definition) is 2. The minimum atomic E-state index is -0.225. The maximum Gasteiger partial charge on any atom is 0.320 e. The summed E-state index contributed by atoms with van der Waals surface area (Å²) < 4.78 is 5.33. The molecule has 2 aromatic heterocycles. The lowest BCUT2D eigenvalue weighted by Gasteiger charge is -2.35. The Hall–Kier alpha value is -3.98. The highest BCUT2D eigenvalue weighted by atomic mass is 16.5. The number of ether oxygens (including phenoxy) is 1. The van der Waals surface area contributed by atoms with E-state index in [1.807, 2.05) is 47.2 Å². The maximum atomic E-state index is 12.7. The first-order valence-electron chi connectivity index (χ1n) is 12.2. The van der Waals surface area contributed by atoms with E-state index in [1.54, 1.807) is 18.5 Å². The Kier molecular flexibility index (Phi) is 6.81. The van der Waals surface area contributed by atoms with Gasteiger partial charge in [-0.15, -0.1) is 0 Å². The molecule has 1 aromatic carbocycles. The predicted octanol–water partition coefficient (Wildman–Crippen LogP) is 3.60. The number of piperidine rings is 1. The molecule has 3 N–H and O–H groups in total. The molecule has 36 heavy (non-hydrogen) atoms. The standard InChI is InChI=1S/C27H30N6O3/c1-18-2-5-29-16-22(18)20-13-21-15-25(30-17-23(21)24(28)14-20)31-26(34)12-19-3-6-32(7-4-19)27(35)33-8-10-36-11-9-33/h2,5,12-17H,3-4,6-11,28H2,1H3,(H,30,31,34). The van der Waals surface area contributed by atoms with Gasteiger partial charge in [0.1, 0.15) is 5.82 Å². The van der Waals surface area contributed by atoms with E-state index in [0.29, 0.717) is 63.7 Å². The van der Waals surface area contributed by atoms with Gasteiger partial charge < -0.3 is 25.6 Å². The SMILES string of the molecule is Cc1ccncc1-c1cc(N)c2cnc(NC(=O)C=C3CCN(C(=O)N4CCOCC4)CC3)cc2c1. The first-order valence-corrected chi connectivity index (χ1v) is 12.2. The molecule has 0 spiro atoms. The quantitative estimate of drug-likeness (QED) is 0.432. The summed E-state index contributed by atoms with van der Waals surface area (Å²) in [6.07, 6.45) is 8.26. The third kappa shape index (κ3) is 5.16. The van der Waals surface area contributed by atoms with E-state index < -0.39 is 0 Å². The molecule has 0 radical (unpaired) electrons. The Balaban J connectivity index is 1.25. The topological polar surface area (TPSA) is 114 Å². The van der Waals surface area contributed by atoms with Gasteiger partial charge in [0.25, 0.3) is 0 Å². The number of morpholine rings is 1. The number of nitrogens with zero attached hydrogens (tertiary/aromatic N) is 4. The molecule has 9 heteroatoms. The summed E-state index contributed by atoms with van der Waals surface area (Å²) >= 11 is 0. The fourth-order valence-electron chi connectivity index (χ4n) is 4.71. The minimum absolute atomic E-state index is 0.0577. The molecule has 2 aliphatic heterocycles. The molecule has 0 atom stereocenters. The average Bonchev–Trinajstić information content (AvgIpc) is 2.89. The molecule has 4 heterocycles. The second kappa shape index (κ2) is 10.3. The zero-order chi connectivity index (χ0) is 25.1. The Morgan fingerprint density at radius 1 is 1.06 bits per heavy atom. The van der Waals surface area contributed by atoms with Crippen molar-refractivity contribution in [3.8, 4) is 11.1 Å². The van der Waals surface area contributed by atoms with Gasteiger partial charge in [-0.05, 0) is 60.5 Å². The summed E-state index contributed by atoms with van der Waals surface area (Å²) in [6.45, 7) is 5.70. The number of urea groups is 1. The van der Waals surface area contributed by atoms with Crippen LogP contribution in [-0.2, 0) is 9.53 Å². The second-order valence-electron chi connectivity index (χ2n) is 9.21. The normalized spacial score (nSPS) is 16.2. The van der Waals surface area contributed by atoms with Gasteiger partial charge in [-0.25, -0.2) is 9.78 Å². The number of hydrogen-bond acceptors (Lipinski definition) is 6. The molecule has 2 saturated heterocycles. The van der Waals surface area contributed by atoms with Gasteiger partial charge in [-0.1, -0.05) is 5.57 Å². The second-order valence-corrected chi connectivity index (χ2v) is 9.21. The Morgan fingerprint density at radius 2 is 1.81 bits per heavy atom. The van der Waals surface area contributed by atoms with Crippen molar-refractivity contribution < 1.29 is 14.3 Å². The number of anilines is 2. The Morgan fingerprint density at radius 3 is 2.56 bits per heavy atom. The van der Waals surface area contributed by atoms with Gasteiger partial charge in [-0.2, -0.15) is 0 Å². The first-order chi connectivity index (χ1) is 17.5. The molecule has 3 aromatic rings. The molecule has 0 bridgehead atoms. The van der Waals surface area contributed by atoms with Crippen LogP contribution in [-0.4, -0.2) is 71.1 Å². The molecule has 9 nitrogen and oxygen atoms in total. The average molecular weight is 487 g/mol. The van der Waals surface area contributed by atoms with Gasteiger partial charge in [0.2, 0.25) is 5.91 Å². The molecule has 186 valence electrons. The highest BCUT2D eigenvalue weighted by molar-refractivity contribution is 6.02. The lowest BCUT2D eigenvalue weighted by molar-refractivity contribution is -0.112. The largest absolute Gasteiger partial charge is 0.398 e. The van der Waals surface area contributed by atoms with E-state index in [4.69, 9.17) is 10.5 Å². The summed E-state index contributed by atoms with van der Waals surface area (Å²) in [4.78, 5) is 37.7. The zero-order valence-corrected chi connectivity index (χ0v) is 20.4. The fraction of sp³-hybridized carbons (Fsp3) is 0.333. The number of nitrogens with one attached hydrogen (secondary N) is 1. The van der Waals surface area contributed by atoms with Crippen molar-refractivity contribution in [1.29, 1.82) is 0 Å². The first kappa shape index (κ1) is 23.7. The van der Waals surface area contributed by atoms with E-state index in [9.17, 15) is 9.59 Å². The van der Waals surface area contributed by atoms with Crippen LogP contribution in [0.4, 0.5) is 16.3 Å². The van der Waals surface area contributed by atoms with Crippen LogP contribution in [0.1, 0.15) is 18.4 Å². The molecule has 0 saturated carbocycles. The van der Waals surface area contributed by atoms with Crippen LogP contribution in [0.3, 0.4) is 0 Å². The molecular formula is C27H30N6O3. The number of nitrogens with two attached hydrogens (primary N) is 1. The molecule has 3 amide bonds. The van der Waals surface area contributed by atoms with E-state index in [-0.39, 0.29) is 11.9 Å². The summed E-state index contributed by atoms with van der Waals surface area (Å²) in [6, 6.07) is 7.81. The molecule has 5 rings (SSSR count). The zero-order valence-electron chi connectivity index (χ0n) is 20.4. The highest BCUT2D eigenvalue weighted by Gasteiger charge is 2.25. The van der Waals surface area contributed by atoms with Crippen LogP contribution in [0.15, 0.2) is 54.5 Å². The number of pyridine rings is 2. The highest BCUT2D eigenvalue weighted by Crippen LogP contribution is 2.31. The van der Waals surface area contributed by atoms with Crippen LogP contribution >= 0.6 is 0 Å². The van der Waals surface area contributed by atoms with Crippen LogP contribution < -0.4 is 11.1 Å². The lowest BCUT2D eigenvalue weighted by atomic mass is 9.99. The lowest BCUT2D eigenvalue weighted by Crippen LogP contribution is -2.49. The fourth-order valence-corrected chi connectivity index (χ4v) is 4.71. The van der Waals surface area contributed by atoms with Crippen molar-refractivity contribution >= 4 is 34.2 Å². The van der Waals surface area contributed by atoms with Crippen LogP contribution in [0.25, 0.3) is 21.9 Å². The van der Waals surface area contributed by atoms with E-state index in [0.717, 1.165) is 33.0 Å². The number of rotatable bonds is 3. The van der Waals surface area contributed by atoms with E-state index in [1.165, 1.54) is 0 Å². The molecule has 2 aliphatic rings. The number of aromatic nitrogens is 2. The summed E-state index contributed by atoms with van der Waals surface area (Å²) in [7, 11) is 0. The van der Waals surface area contributed by atoms with Gasteiger partial charge in [0.05, 0.1) is 13.2 Å². The van der Waals surface area contributed by atoms with Crippen molar-refractivity contribution in [2.24, 2.45) is 0 Å². The Bertz CT molecular complexity index is 1320. The summed E-state index contributed by atoms with van der Waals surface area (Å²) in [5.74, 6) is 0.237. The number of carbonyl (C=O) groups excluding carboxylic acids is 2. The van der Waals surface area contributed by atoms with Crippen molar-refractivity contribution in [3.05, 3.63) is 60.1 Å². The van der Waals surface area contributed by atoms with Gasteiger partial charge in [-0.3, -0.25) is 9.78 Å². The van der Waals surface area contributed by atoms with E-state index >= 15 is 0 Å². The number of fused-ring (bicyclic) bond motifs is 1. The van der Waals surface area contributed by atoms with Gasteiger partial charge in [0, 0.05) is 67.5 Å². The smallest absolute Gasteiger partial charge is 0.320 e. The summed E-state index contributed by atoms with van der Waals surface area (Å²) in [5.41, 5.74) is 11.0. The third-order valence-corrected chi connectivity index (χ3v) is 6.76. The van der Waals surface area contributed by atoms with E-state index in [2.05, 4.69) is 15.3 Å². The van der Waals surface area contributed by atoms with Crippen molar-refractivity contribution in [2.75, 3.05) is 50.4 Å². The predicted molar refractivity (Wildman–Crippen MR) is 139 cm³/mol. The number of carbonyl (C=O) groups is 2. The maximum absolute atomic E-state index is 12.7. The van der Waals surface area contributed by atoms with Crippen LogP contribution in [0.2, 0.25) is 0 Å². The number of aryl methyl sites for hydroxylation is 1. The van der Waals surface area contributed by atoms with Crippen molar-refractivity contribution in [1.82, 2.24) is 19.8 Å². The van der Waals surface area contributed by atoms with Crippen molar-refractivity contribution in [2.45, 2.75) is 19.8 Å². The summed E-state index contributed by atoms with van der Waals surface area (Å²) in [5, 5.41) is 4.59. The van der Waals surface area contributed by atoms with Crippen LogP contribution in [0.5, 0.6) is 0 Å². The number of likely N-dealkylation sites (tertiary alicyclic amines) is 1. The third-order valence-electron chi connectivity index (χ3n) is 6.76. The van der Waals surface area contributed by atoms with Crippen LogP contribution in [0, 0.1) is 6.92 Å². The molecule has 0 unspecified atom stereocenters. The monoisotopic (exact) mass is 486 g/mol. The number of amides is 3.